The first-order chi connectivity index (χ1) is 22.3. The Morgan fingerprint density at radius 3 is 1.87 bits per heavy atom. The lowest BCUT2D eigenvalue weighted by molar-refractivity contribution is -0.161. The van der Waals surface area contributed by atoms with Crippen LogP contribution in [0.4, 0.5) is 0 Å². The third-order valence-corrected chi connectivity index (χ3v) is 7.64. The highest BCUT2D eigenvalue weighted by Gasteiger charge is 2.25. The number of nitrogens with two attached hydrogens (primary N) is 1. The van der Waals surface area contributed by atoms with Crippen molar-refractivity contribution in [1.82, 2.24) is 0 Å². The number of allylic oxidation sites excluding steroid dienone is 10. The van der Waals surface area contributed by atoms with Crippen molar-refractivity contribution in [2.75, 3.05) is 26.4 Å². The molecule has 0 fully saturated rings. The van der Waals surface area contributed by atoms with Crippen LogP contribution in [0.15, 0.2) is 60.8 Å². The minimum Gasteiger partial charge on any atom is -0.462 e. The van der Waals surface area contributed by atoms with Crippen molar-refractivity contribution >= 4 is 19.8 Å². The van der Waals surface area contributed by atoms with E-state index in [0.29, 0.717) is 12.8 Å². The van der Waals surface area contributed by atoms with Crippen LogP contribution in [0.2, 0.25) is 0 Å². The summed E-state index contributed by atoms with van der Waals surface area (Å²) in [4.78, 5) is 34.5. The van der Waals surface area contributed by atoms with E-state index in [-0.39, 0.29) is 32.6 Å². The van der Waals surface area contributed by atoms with Gasteiger partial charge in [0.15, 0.2) is 6.10 Å². The van der Waals surface area contributed by atoms with E-state index in [4.69, 9.17) is 24.3 Å². The van der Waals surface area contributed by atoms with E-state index >= 15 is 0 Å². The maximum atomic E-state index is 12.4. The second-order valence-corrected chi connectivity index (χ2v) is 12.4. The Hall–Kier alpha value is -2.29. The summed E-state index contributed by atoms with van der Waals surface area (Å²) in [5.41, 5.74) is 5.31. The molecular weight excluding hydrogens is 605 g/mol. The molecule has 0 amide bonds. The Bertz CT molecular complexity index is 944. The predicted octanol–water partition coefficient (Wildman–Crippen LogP) is 8.99. The van der Waals surface area contributed by atoms with E-state index in [2.05, 4.69) is 62.5 Å². The van der Waals surface area contributed by atoms with Crippen LogP contribution in [-0.2, 0) is 32.7 Å². The lowest BCUT2D eigenvalue weighted by Gasteiger charge is -2.19. The van der Waals surface area contributed by atoms with Gasteiger partial charge in [-0.25, -0.2) is 4.57 Å². The second kappa shape index (κ2) is 32.6. The average molecular weight is 668 g/mol. The molecule has 264 valence electrons. The first-order valence-electron chi connectivity index (χ1n) is 17.3. The SMILES string of the molecule is CC/C=C/C/C=C/C/C=C/CCCCC(=O)OCC(COP(=O)(O)OCCN)OC(=O)CC/C=C/C/C=C/CCCCCCCC. The Balaban J connectivity index is 4.45. The molecule has 0 aliphatic rings. The topological polar surface area (TPSA) is 134 Å². The highest BCUT2D eigenvalue weighted by molar-refractivity contribution is 7.47. The van der Waals surface area contributed by atoms with E-state index in [1.165, 1.54) is 38.5 Å². The number of unbranched alkanes of at least 4 members (excludes halogenated alkanes) is 8. The van der Waals surface area contributed by atoms with Crippen molar-refractivity contribution < 1.29 is 37.6 Å². The highest BCUT2D eigenvalue weighted by atomic mass is 31.2. The Kier molecular flexibility index (Phi) is 31.0. The van der Waals surface area contributed by atoms with Gasteiger partial charge in [0.25, 0.3) is 0 Å². The van der Waals surface area contributed by atoms with Crippen LogP contribution in [0.3, 0.4) is 0 Å². The highest BCUT2D eigenvalue weighted by Crippen LogP contribution is 2.43. The number of ether oxygens (including phenoxy) is 2. The largest absolute Gasteiger partial charge is 0.472 e. The van der Waals surface area contributed by atoms with E-state index in [0.717, 1.165) is 44.9 Å². The van der Waals surface area contributed by atoms with Crippen LogP contribution in [-0.4, -0.2) is 49.3 Å². The molecule has 0 aliphatic heterocycles. The number of rotatable bonds is 31. The summed E-state index contributed by atoms with van der Waals surface area (Å²) >= 11 is 0. The molecule has 0 aromatic carbocycles. The van der Waals surface area contributed by atoms with Gasteiger partial charge in [-0.1, -0.05) is 107 Å². The van der Waals surface area contributed by atoms with Gasteiger partial charge in [0.1, 0.15) is 6.61 Å². The Labute approximate surface area is 279 Å². The standard InChI is InChI=1S/C36H62NO8P/c1-3-5-7-9-11-13-15-17-19-21-23-25-27-29-36(39)45-34(33-44-46(40,41)43-31-30-37)32-42-35(38)28-26-24-22-20-18-16-14-12-10-8-6-4-2/h6,8,12,14,17-20,23,25,34H,3-5,7,9-11,13,15-16,21-22,24,26-33,37H2,1-2H3,(H,40,41)/b8-6+,14-12+,19-17+,20-18+,25-23+. The summed E-state index contributed by atoms with van der Waals surface area (Å²) in [6.07, 6.45) is 35.7. The van der Waals surface area contributed by atoms with Crippen molar-refractivity contribution in [3.8, 4) is 0 Å². The van der Waals surface area contributed by atoms with Crippen molar-refractivity contribution in [3.63, 3.8) is 0 Å². The van der Waals surface area contributed by atoms with Gasteiger partial charge < -0.3 is 20.1 Å². The zero-order valence-electron chi connectivity index (χ0n) is 28.5. The molecule has 0 rings (SSSR count). The molecule has 0 aromatic heterocycles. The van der Waals surface area contributed by atoms with Crippen LogP contribution in [0.1, 0.15) is 123 Å². The van der Waals surface area contributed by atoms with E-state index < -0.39 is 32.5 Å². The molecule has 0 spiro atoms. The molecule has 0 bridgehead atoms. The van der Waals surface area contributed by atoms with Crippen LogP contribution in [0.25, 0.3) is 0 Å². The molecule has 10 heteroatoms. The molecule has 46 heavy (non-hydrogen) atoms. The quantitative estimate of drug-likeness (QED) is 0.0321. The summed E-state index contributed by atoms with van der Waals surface area (Å²) in [6.45, 7) is 3.45. The van der Waals surface area contributed by atoms with Crippen LogP contribution >= 0.6 is 7.82 Å². The molecular formula is C36H62NO8P. The Morgan fingerprint density at radius 2 is 1.24 bits per heavy atom. The fraction of sp³-hybridized carbons (Fsp3) is 0.667. The summed E-state index contributed by atoms with van der Waals surface area (Å²) < 4.78 is 32.4. The first kappa shape index (κ1) is 43.7. The third kappa shape index (κ3) is 31.7. The number of hydrogen-bond acceptors (Lipinski definition) is 8. The number of phosphoric acid groups is 1. The van der Waals surface area contributed by atoms with Crippen LogP contribution in [0, 0.1) is 0 Å². The summed E-state index contributed by atoms with van der Waals surface area (Å²) in [6, 6.07) is 0. The molecule has 2 atom stereocenters. The van der Waals surface area contributed by atoms with Gasteiger partial charge in [-0.05, 0) is 64.2 Å². The van der Waals surface area contributed by atoms with E-state index in [1.54, 1.807) is 0 Å². The second-order valence-electron chi connectivity index (χ2n) is 11.0. The fourth-order valence-corrected chi connectivity index (χ4v) is 4.88. The molecule has 3 N–H and O–H groups in total. The number of carbonyl (C=O) groups is 2. The van der Waals surface area contributed by atoms with Gasteiger partial charge in [0.05, 0.1) is 13.2 Å². The molecule has 0 saturated carbocycles. The molecule has 0 aromatic rings. The van der Waals surface area contributed by atoms with Crippen molar-refractivity contribution in [2.24, 2.45) is 5.73 Å². The lowest BCUT2D eigenvalue weighted by Crippen LogP contribution is -2.29. The predicted molar refractivity (Wildman–Crippen MR) is 187 cm³/mol. The van der Waals surface area contributed by atoms with E-state index in [9.17, 15) is 19.0 Å². The number of carbonyl (C=O) groups excluding carboxylic acids is 2. The number of hydrogen-bond donors (Lipinski definition) is 2. The fourth-order valence-electron chi connectivity index (χ4n) is 4.11. The van der Waals surface area contributed by atoms with Crippen molar-refractivity contribution in [2.45, 2.75) is 129 Å². The Morgan fingerprint density at radius 1 is 0.674 bits per heavy atom. The smallest absolute Gasteiger partial charge is 0.462 e. The van der Waals surface area contributed by atoms with Gasteiger partial charge in [0, 0.05) is 19.4 Å². The molecule has 9 nitrogen and oxygen atoms in total. The molecule has 2 unspecified atom stereocenters. The maximum absolute atomic E-state index is 12.4. The zero-order chi connectivity index (χ0) is 34.0. The average Bonchev–Trinajstić information content (AvgIpc) is 3.04. The first-order valence-corrected chi connectivity index (χ1v) is 18.8. The molecule has 0 radical (unpaired) electrons. The zero-order valence-corrected chi connectivity index (χ0v) is 29.4. The summed E-state index contributed by atoms with van der Waals surface area (Å²) in [7, 11) is -4.39. The van der Waals surface area contributed by atoms with Crippen molar-refractivity contribution in [1.29, 1.82) is 0 Å². The molecule has 0 aliphatic carbocycles. The van der Waals surface area contributed by atoms with Gasteiger partial charge in [-0.15, -0.1) is 0 Å². The van der Waals surface area contributed by atoms with Gasteiger partial charge >= 0.3 is 19.8 Å². The monoisotopic (exact) mass is 667 g/mol. The van der Waals surface area contributed by atoms with Crippen LogP contribution < -0.4 is 5.73 Å². The van der Waals surface area contributed by atoms with Gasteiger partial charge in [-0.2, -0.15) is 0 Å². The molecule has 0 saturated heterocycles. The molecule has 0 heterocycles. The number of phosphoric ester groups is 1. The van der Waals surface area contributed by atoms with Crippen LogP contribution in [0.5, 0.6) is 0 Å². The minimum absolute atomic E-state index is 0.0378. The van der Waals surface area contributed by atoms with E-state index in [1.807, 2.05) is 12.2 Å². The lowest BCUT2D eigenvalue weighted by atomic mass is 10.1. The summed E-state index contributed by atoms with van der Waals surface area (Å²) in [5, 5.41) is 0. The summed E-state index contributed by atoms with van der Waals surface area (Å²) in [5.74, 6) is -0.963. The van der Waals surface area contributed by atoms with Gasteiger partial charge in [0.2, 0.25) is 0 Å². The minimum atomic E-state index is -4.39. The van der Waals surface area contributed by atoms with Gasteiger partial charge in [-0.3, -0.25) is 18.6 Å². The maximum Gasteiger partial charge on any atom is 0.472 e. The normalized spacial score (nSPS) is 14.3. The number of esters is 2. The van der Waals surface area contributed by atoms with Crippen molar-refractivity contribution in [3.05, 3.63) is 60.8 Å². The third-order valence-electron chi connectivity index (χ3n) is 6.65.